The number of anilines is 1. The van der Waals surface area contributed by atoms with Gasteiger partial charge in [-0.3, -0.25) is 0 Å². The Balaban J connectivity index is 1.88. The van der Waals surface area contributed by atoms with Crippen LogP contribution >= 0.6 is 0 Å². The van der Waals surface area contributed by atoms with Crippen molar-refractivity contribution >= 4 is 5.69 Å². The summed E-state index contributed by atoms with van der Waals surface area (Å²) in [5.74, 6) is 1.14. The number of rotatable bonds is 3. The zero-order valence-corrected chi connectivity index (χ0v) is 14.3. The highest BCUT2D eigenvalue weighted by atomic mass is 16.5. The Morgan fingerprint density at radius 1 is 1.17 bits per heavy atom. The normalized spacial score (nSPS) is 17.1. The number of benzene rings is 2. The maximum absolute atomic E-state index is 9.77. The van der Waals surface area contributed by atoms with Crippen LogP contribution in [0.2, 0.25) is 0 Å². The predicted octanol–water partition coefficient (Wildman–Crippen LogP) is 4.23. The van der Waals surface area contributed by atoms with Crippen LogP contribution in [0.1, 0.15) is 30.5 Å². The van der Waals surface area contributed by atoms with Crippen molar-refractivity contribution in [1.82, 2.24) is 0 Å². The van der Waals surface area contributed by atoms with E-state index in [2.05, 4.69) is 50.8 Å². The fourth-order valence-corrected chi connectivity index (χ4v) is 3.23. The molecular weight excluding hydrogens is 286 g/mol. The van der Waals surface area contributed by atoms with Gasteiger partial charge in [-0.25, -0.2) is 0 Å². The van der Waals surface area contributed by atoms with Crippen molar-refractivity contribution < 1.29 is 9.84 Å². The van der Waals surface area contributed by atoms with E-state index in [1.807, 2.05) is 6.07 Å². The van der Waals surface area contributed by atoms with E-state index in [1.54, 1.807) is 12.1 Å². The van der Waals surface area contributed by atoms with Crippen LogP contribution in [-0.4, -0.2) is 23.8 Å². The van der Waals surface area contributed by atoms with Gasteiger partial charge in [-0.05, 0) is 51.0 Å². The highest BCUT2D eigenvalue weighted by Gasteiger charge is 2.28. The van der Waals surface area contributed by atoms with Gasteiger partial charge in [0.15, 0.2) is 0 Å². The molecule has 1 heterocycles. The monoisotopic (exact) mass is 311 g/mol. The zero-order chi connectivity index (χ0) is 16.6. The van der Waals surface area contributed by atoms with Crippen LogP contribution in [0.4, 0.5) is 5.69 Å². The number of hydrogen-bond donors (Lipinski definition) is 1. The molecule has 0 bridgehead atoms. The van der Waals surface area contributed by atoms with Crippen LogP contribution < -0.4 is 9.64 Å². The Morgan fingerprint density at radius 3 is 2.70 bits per heavy atom. The SMILES string of the molecule is Cc1ccc(C)c(CC2CN(C(C)C)c3cc(O)ccc3O2)c1. The topological polar surface area (TPSA) is 32.7 Å². The van der Waals surface area contributed by atoms with E-state index in [-0.39, 0.29) is 11.9 Å². The van der Waals surface area contributed by atoms with Crippen molar-refractivity contribution in [3.8, 4) is 11.5 Å². The lowest BCUT2D eigenvalue weighted by Gasteiger charge is -2.39. The summed E-state index contributed by atoms with van der Waals surface area (Å²) in [6, 6.07) is 12.3. The van der Waals surface area contributed by atoms with E-state index in [0.717, 1.165) is 24.4 Å². The van der Waals surface area contributed by atoms with Gasteiger partial charge in [0.25, 0.3) is 0 Å². The molecule has 122 valence electrons. The van der Waals surface area contributed by atoms with Gasteiger partial charge in [0.2, 0.25) is 0 Å². The first-order chi connectivity index (χ1) is 10.9. The summed E-state index contributed by atoms with van der Waals surface area (Å²) < 4.78 is 6.21. The van der Waals surface area contributed by atoms with Gasteiger partial charge in [-0.2, -0.15) is 0 Å². The Kier molecular flexibility index (Phi) is 4.20. The van der Waals surface area contributed by atoms with E-state index in [4.69, 9.17) is 4.74 Å². The second kappa shape index (κ2) is 6.15. The van der Waals surface area contributed by atoms with Gasteiger partial charge in [0, 0.05) is 18.5 Å². The average molecular weight is 311 g/mol. The first kappa shape index (κ1) is 15.7. The molecule has 3 heteroatoms. The molecule has 0 aromatic heterocycles. The molecule has 1 aliphatic heterocycles. The van der Waals surface area contributed by atoms with Crippen LogP contribution in [0.15, 0.2) is 36.4 Å². The van der Waals surface area contributed by atoms with Crippen molar-refractivity contribution in [2.75, 3.05) is 11.4 Å². The third-order valence-electron chi connectivity index (χ3n) is 4.52. The molecule has 3 nitrogen and oxygen atoms in total. The van der Waals surface area contributed by atoms with Crippen molar-refractivity contribution in [2.24, 2.45) is 0 Å². The molecule has 1 aliphatic rings. The fourth-order valence-electron chi connectivity index (χ4n) is 3.23. The zero-order valence-electron chi connectivity index (χ0n) is 14.3. The molecule has 0 saturated heterocycles. The fraction of sp³-hybridized carbons (Fsp3) is 0.400. The Bertz CT molecular complexity index is 709. The number of nitrogens with zero attached hydrogens (tertiary/aromatic N) is 1. The van der Waals surface area contributed by atoms with Crippen LogP contribution in [0.25, 0.3) is 0 Å². The quantitative estimate of drug-likeness (QED) is 0.921. The van der Waals surface area contributed by atoms with Crippen molar-refractivity contribution in [1.29, 1.82) is 0 Å². The second-order valence-electron chi connectivity index (χ2n) is 6.77. The minimum Gasteiger partial charge on any atom is -0.508 e. The summed E-state index contributed by atoms with van der Waals surface area (Å²) in [5.41, 5.74) is 4.93. The molecule has 0 amide bonds. The largest absolute Gasteiger partial charge is 0.508 e. The van der Waals surface area contributed by atoms with E-state index < -0.39 is 0 Å². The highest BCUT2D eigenvalue weighted by Crippen LogP contribution is 2.37. The number of aryl methyl sites for hydroxylation is 2. The second-order valence-corrected chi connectivity index (χ2v) is 6.77. The molecule has 2 aromatic carbocycles. The average Bonchev–Trinajstić information content (AvgIpc) is 2.50. The molecule has 3 rings (SSSR count). The number of phenols is 1. The molecule has 1 atom stereocenters. The van der Waals surface area contributed by atoms with Gasteiger partial charge in [0.05, 0.1) is 12.2 Å². The van der Waals surface area contributed by atoms with Crippen molar-refractivity contribution in [3.05, 3.63) is 53.1 Å². The molecule has 0 fully saturated rings. The summed E-state index contributed by atoms with van der Waals surface area (Å²) in [6.45, 7) is 9.47. The first-order valence-electron chi connectivity index (χ1n) is 8.26. The summed E-state index contributed by atoms with van der Waals surface area (Å²) in [5, 5.41) is 9.77. The summed E-state index contributed by atoms with van der Waals surface area (Å²) in [4.78, 5) is 2.31. The Hall–Kier alpha value is -2.16. The Labute approximate surface area is 138 Å². The van der Waals surface area contributed by atoms with Gasteiger partial charge >= 0.3 is 0 Å². The third kappa shape index (κ3) is 3.29. The van der Waals surface area contributed by atoms with Crippen LogP contribution in [0.5, 0.6) is 11.5 Å². The van der Waals surface area contributed by atoms with Gasteiger partial charge < -0.3 is 14.7 Å². The van der Waals surface area contributed by atoms with Crippen molar-refractivity contribution in [2.45, 2.75) is 46.3 Å². The smallest absolute Gasteiger partial charge is 0.143 e. The van der Waals surface area contributed by atoms with E-state index in [0.29, 0.717) is 6.04 Å². The van der Waals surface area contributed by atoms with Gasteiger partial charge in [0.1, 0.15) is 17.6 Å². The van der Waals surface area contributed by atoms with E-state index in [9.17, 15) is 5.11 Å². The van der Waals surface area contributed by atoms with E-state index >= 15 is 0 Å². The number of fused-ring (bicyclic) bond motifs is 1. The minimum absolute atomic E-state index is 0.120. The number of aromatic hydroxyl groups is 1. The Morgan fingerprint density at radius 2 is 1.96 bits per heavy atom. The van der Waals surface area contributed by atoms with Gasteiger partial charge in [-0.1, -0.05) is 23.8 Å². The molecule has 0 radical (unpaired) electrons. The van der Waals surface area contributed by atoms with Crippen molar-refractivity contribution in [3.63, 3.8) is 0 Å². The summed E-state index contributed by atoms with van der Waals surface area (Å²) in [7, 11) is 0. The number of ether oxygens (including phenoxy) is 1. The maximum atomic E-state index is 9.77. The molecule has 0 spiro atoms. The molecule has 1 unspecified atom stereocenters. The lowest BCUT2D eigenvalue weighted by molar-refractivity contribution is 0.190. The molecule has 1 N–H and O–H groups in total. The lowest BCUT2D eigenvalue weighted by Crippen LogP contribution is -2.44. The predicted molar refractivity (Wildman–Crippen MR) is 94.6 cm³/mol. The first-order valence-corrected chi connectivity index (χ1v) is 8.26. The number of phenolic OH excluding ortho intramolecular Hbond substituents is 1. The molecule has 0 aliphatic carbocycles. The van der Waals surface area contributed by atoms with Crippen LogP contribution in [0.3, 0.4) is 0 Å². The number of hydrogen-bond acceptors (Lipinski definition) is 3. The van der Waals surface area contributed by atoms with Gasteiger partial charge in [-0.15, -0.1) is 0 Å². The van der Waals surface area contributed by atoms with Crippen LogP contribution in [0, 0.1) is 13.8 Å². The summed E-state index contributed by atoms with van der Waals surface area (Å²) >= 11 is 0. The lowest BCUT2D eigenvalue weighted by atomic mass is 9.98. The van der Waals surface area contributed by atoms with E-state index in [1.165, 1.54) is 16.7 Å². The maximum Gasteiger partial charge on any atom is 0.143 e. The summed E-state index contributed by atoms with van der Waals surface area (Å²) in [6.07, 6.45) is 1.02. The standard InChI is InChI=1S/C20H25NO2/c1-13(2)21-12-18(10-16-9-14(3)5-6-15(16)4)23-20-8-7-17(22)11-19(20)21/h5-9,11,13,18,22H,10,12H2,1-4H3. The van der Waals surface area contributed by atoms with Crippen LogP contribution in [-0.2, 0) is 6.42 Å². The highest BCUT2D eigenvalue weighted by molar-refractivity contribution is 5.63. The third-order valence-corrected chi connectivity index (χ3v) is 4.52. The molecule has 23 heavy (non-hydrogen) atoms. The minimum atomic E-state index is 0.120. The molecule has 2 aromatic rings. The molecule has 0 saturated carbocycles. The molecular formula is C20H25NO2.